The van der Waals surface area contributed by atoms with Gasteiger partial charge < -0.3 is 0 Å². The second-order valence-corrected chi connectivity index (χ2v) is 3.89. The van der Waals surface area contributed by atoms with Gasteiger partial charge in [-0.25, -0.2) is 8.78 Å². The van der Waals surface area contributed by atoms with Gasteiger partial charge in [0.15, 0.2) is 11.6 Å². The smallest absolute Gasteiger partial charge is 0.162 e. The van der Waals surface area contributed by atoms with Crippen LogP contribution in [0.2, 0.25) is 0 Å². The van der Waals surface area contributed by atoms with Crippen LogP contribution in [0.25, 0.3) is 0 Å². The third-order valence-corrected chi connectivity index (χ3v) is 2.48. The number of carbonyl (C=O) groups excluding carboxylic acids is 1. The number of benzene rings is 1. The second-order valence-electron chi connectivity index (χ2n) is 3.89. The molecule has 1 nitrogen and oxygen atoms in total. The van der Waals surface area contributed by atoms with Crippen molar-refractivity contribution >= 4 is 5.78 Å². The van der Waals surface area contributed by atoms with Gasteiger partial charge in [-0.3, -0.25) is 4.79 Å². The van der Waals surface area contributed by atoms with Crippen LogP contribution in [0.3, 0.4) is 0 Å². The molecule has 0 aliphatic heterocycles. The van der Waals surface area contributed by atoms with E-state index in [-0.39, 0.29) is 17.8 Å². The van der Waals surface area contributed by atoms with Crippen molar-refractivity contribution in [2.75, 3.05) is 0 Å². The molecule has 0 amide bonds. The number of ketones is 1. The number of unbranched alkanes of at least 4 members (excludes halogenated alkanes) is 2. The largest absolute Gasteiger partial charge is 0.299 e. The molecule has 0 aliphatic carbocycles. The van der Waals surface area contributed by atoms with Crippen molar-refractivity contribution < 1.29 is 13.6 Å². The lowest BCUT2D eigenvalue weighted by molar-refractivity contribution is -0.118. The third kappa shape index (κ3) is 3.72. The van der Waals surface area contributed by atoms with Gasteiger partial charge in [0.2, 0.25) is 0 Å². The van der Waals surface area contributed by atoms with E-state index < -0.39 is 11.6 Å². The van der Waals surface area contributed by atoms with Crippen LogP contribution in [0.1, 0.15) is 38.2 Å². The summed E-state index contributed by atoms with van der Waals surface area (Å²) in [4.78, 5) is 11.5. The maximum atomic E-state index is 13.2. The van der Waals surface area contributed by atoms with Gasteiger partial charge in [0.05, 0.1) is 0 Å². The quantitative estimate of drug-likeness (QED) is 0.676. The molecule has 16 heavy (non-hydrogen) atoms. The first kappa shape index (κ1) is 12.8. The lowest BCUT2D eigenvalue weighted by atomic mass is 10.0. The summed E-state index contributed by atoms with van der Waals surface area (Å²) in [6.07, 6.45) is 3.31. The molecule has 0 fully saturated rings. The number of rotatable bonds is 6. The van der Waals surface area contributed by atoms with Crippen LogP contribution < -0.4 is 0 Å². The van der Waals surface area contributed by atoms with E-state index in [1.54, 1.807) is 0 Å². The summed E-state index contributed by atoms with van der Waals surface area (Å²) in [6.45, 7) is 2.05. The Morgan fingerprint density at radius 3 is 2.69 bits per heavy atom. The first-order chi connectivity index (χ1) is 7.65. The van der Waals surface area contributed by atoms with Crippen LogP contribution >= 0.6 is 0 Å². The topological polar surface area (TPSA) is 17.1 Å². The van der Waals surface area contributed by atoms with E-state index in [9.17, 15) is 13.6 Å². The van der Waals surface area contributed by atoms with E-state index in [2.05, 4.69) is 6.92 Å². The van der Waals surface area contributed by atoms with Crippen molar-refractivity contribution in [1.29, 1.82) is 0 Å². The molecule has 0 radical (unpaired) electrons. The van der Waals surface area contributed by atoms with E-state index in [0.29, 0.717) is 6.42 Å². The zero-order valence-electron chi connectivity index (χ0n) is 9.43. The van der Waals surface area contributed by atoms with E-state index in [0.717, 1.165) is 25.3 Å². The Morgan fingerprint density at radius 1 is 1.25 bits per heavy atom. The van der Waals surface area contributed by atoms with E-state index >= 15 is 0 Å². The van der Waals surface area contributed by atoms with Gasteiger partial charge in [-0.15, -0.1) is 0 Å². The molecular weight excluding hydrogens is 210 g/mol. The molecule has 0 spiro atoms. The van der Waals surface area contributed by atoms with Crippen molar-refractivity contribution in [2.45, 2.75) is 39.0 Å². The highest BCUT2D eigenvalue weighted by atomic mass is 19.2. The first-order valence-electron chi connectivity index (χ1n) is 5.59. The molecule has 0 aliphatic rings. The second kappa shape index (κ2) is 6.36. The summed E-state index contributed by atoms with van der Waals surface area (Å²) in [5.41, 5.74) is 0.154. The van der Waals surface area contributed by atoms with Gasteiger partial charge >= 0.3 is 0 Å². The standard InChI is InChI=1S/C13H16F2O/c1-2-3-4-7-11(16)9-10-6-5-8-12(14)13(10)15/h5-6,8H,2-4,7,9H2,1H3. The van der Waals surface area contributed by atoms with Gasteiger partial charge in [-0.2, -0.15) is 0 Å². The maximum absolute atomic E-state index is 13.2. The Hall–Kier alpha value is -1.25. The van der Waals surface area contributed by atoms with E-state index in [1.165, 1.54) is 12.1 Å². The van der Waals surface area contributed by atoms with Crippen LogP contribution in [-0.4, -0.2) is 5.78 Å². The third-order valence-electron chi connectivity index (χ3n) is 2.48. The summed E-state index contributed by atoms with van der Waals surface area (Å²) < 4.78 is 26.1. The molecule has 0 saturated carbocycles. The number of halogens is 2. The molecule has 0 saturated heterocycles. The SMILES string of the molecule is CCCCCC(=O)Cc1cccc(F)c1F. The predicted octanol–water partition coefficient (Wildman–Crippen LogP) is 3.66. The molecule has 1 rings (SSSR count). The fourth-order valence-electron chi connectivity index (χ4n) is 1.56. The monoisotopic (exact) mass is 226 g/mol. The molecule has 0 atom stereocenters. The molecule has 0 unspecified atom stereocenters. The minimum atomic E-state index is -0.897. The van der Waals surface area contributed by atoms with Gasteiger partial charge in [0, 0.05) is 12.8 Å². The summed E-state index contributed by atoms with van der Waals surface area (Å²) in [5, 5.41) is 0. The Kier molecular flexibility index (Phi) is 5.09. The van der Waals surface area contributed by atoms with Crippen LogP contribution in [0, 0.1) is 11.6 Å². The summed E-state index contributed by atoms with van der Waals surface area (Å²) >= 11 is 0. The number of carbonyl (C=O) groups is 1. The molecule has 0 bridgehead atoms. The van der Waals surface area contributed by atoms with Gasteiger partial charge in [0.1, 0.15) is 5.78 Å². The normalized spacial score (nSPS) is 10.4. The average Bonchev–Trinajstić information content (AvgIpc) is 2.25. The molecule has 88 valence electrons. The average molecular weight is 226 g/mol. The molecule has 0 aromatic heterocycles. The highest BCUT2D eigenvalue weighted by Crippen LogP contribution is 2.13. The maximum Gasteiger partial charge on any atom is 0.162 e. The Morgan fingerprint density at radius 2 is 2.00 bits per heavy atom. The van der Waals surface area contributed by atoms with Gasteiger partial charge in [0.25, 0.3) is 0 Å². The molecule has 1 aromatic carbocycles. The highest BCUT2D eigenvalue weighted by molar-refractivity contribution is 5.80. The predicted molar refractivity (Wildman–Crippen MR) is 59.2 cm³/mol. The van der Waals surface area contributed by atoms with E-state index in [4.69, 9.17) is 0 Å². The lowest BCUT2D eigenvalue weighted by Crippen LogP contribution is -2.05. The number of hydrogen-bond acceptors (Lipinski definition) is 1. The van der Waals surface area contributed by atoms with Crippen molar-refractivity contribution in [3.8, 4) is 0 Å². The van der Waals surface area contributed by atoms with Gasteiger partial charge in [-0.05, 0) is 18.1 Å². The fourth-order valence-corrected chi connectivity index (χ4v) is 1.56. The summed E-state index contributed by atoms with van der Waals surface area (Å²) in [6, 6.07) is 3.93. The van der Waals surface area contributed by atoms with Gasteiger partial charge in [-0.1, -0.05) is 31.9 Å². The number of hydrogen-bond donors (Lipinski definition) is 0. The first-order valence-corrected chi connectivity index (χ1v) is 5.59. The van der Waals surface area contributed by atoms with Crippen LogP contribution in [0.4, 0.5) is 8.78 Å². The number of Topliss-reactive ketones (excluding diaryl/α,β-unsaturated/α-hetero) is 1. The summed E-state index contributed by atoms with van der Waals surface area (Å²) in [7, 11) is 0. The molecular formula is C13H16F2O. The van der Waals surface area contributed by atoms with Crippen LogP contribution in [0.15, 0.2) is 18.2 Å². The zero-order chi connectivity index (χ0) is 12.0. The minimum Gasteiger partial charge on any atom is -0.299 e. The lowest BCUT2D eigenvalue weighted by Gasteiger charge is -2.03. The van der Waals surface area contributed by atoms with Crippen LogP contribution in [-0.2, 0) is 11.2 Å². The molecule has 0 N–H and O–H groups in total. The Labute approximate surface area is 94.5 Å². The van der Waals surface area contributed by atoms with Crippen molar-refractivity contribution in [3.63, 3.8) is 0 Å². The molecule has 1 aromatic rings. The molecule has 3 heteroatoms. The van der Waals surface area contributed by atoms with E-state index in [1.807, 2.05) is 0 Å². The highest BCUT2D eigenvalue weighted by Gasteiger charge is 2.11. The van der Waals surface area contributed by atoms with Crippen LogP contribution in [0.5, 0.6) is 0 Å². The van der Waals surface area contributed by atoms with Crippen molar-refractivity contribution in [3.05, 3.63) is 35.4 Å². The van der Waals surface area contributed by atoms with Crippen molar-refractivity contribution in [1.82, 2.24) is 0 Å². The Balaban J connectivity index is 2.53. The zero-order valence-corrected chi connectivity index (χ0v) is 9.43. The Bertz CT molecular complexity index is 361. The fraction of sp³-hybridized carbons (Fsp3) is 0.462. The summed E-state index contributed by atoms with van der Waals surface area (Å²) in [5.74, 6) is -1.82. The van der Waals surface area contributed by atoms with Crippen molar-refractivity contribution in [2.24, 2.45) is 0 Å². The minimum absolute atomic E-state index is 0.00664. The molecule has 0 heterocycles.